The van der Waals surface area contributed by atoms with E-state index in [1.165, 1.54) is 14.2 Å². The Labute approximate surface area is 376 Å². The maximum atomic E-state index is 14.1. The molecule has 4 N–H and O–H groups in total. The van der Waals surface area contributed by atoms with E-state index in [9.17, 15) is 19.2 Å². The molecule has 1 spiro atoms. The van der Waals surface area contributed by atoms with E-state index in [1.54, 1.807) is 0 Å². The van der Waals surface area contributed by atoms with E-state index in [1.807, 2.05) is 63.7 Å². The lowest BCUT2D eigenvalue weighted by Crippen LogP contribution is -2.54. The smallest absolute Gasteiger partial charge is 0.407 e. The zero-order valence-electron chi connectivity index (χ0n) is 38.8. The summed E-state index contributed by atoms with van der Waals surface area (Å²) in [7, 11) is 2.60. The summed E-state index contributed by atoms with van der Waals surface area (Å²) >= 11 is 0. The highest BCUT2D eigenvalue weighted by molar-refractivity contribution is 5.91. The lowest BCUT2D eigenvalue weighted by molar-refractivity contribution is -0.139. The Hall–Kier alpha value is -6.18. The van der Waals surface area contributed by atoms with Crippen LogP contribution in [-0.2, 0) is 19.1 Å². The van der Waals surface area contributed by atoms with Crippen LogP contribution >= 0.6 is 0 Å². The first-order valence-electron chi connectivity index (χ1n) is 22.6. The van der Waals surface area contributed by atoms with Gasteiger partial charge in [-0.25, -0.2) is 19.6 Å². The molecular weight excluding hydrogens is 809 g/mol. The van der Waals surface area contributed by atoms with Crippen LogP contribution in [0.4, 0.5) is 9.59 Å². The number of likely N-dealkylation sites (tertiary alicyclic amines) is 1. The normalized spacial score (nSPS) is 17.0. The molecule has 3 heterocycles. The number of carbonyl (C=O) groups excluding carboxylic acids is 4. The van der Waals surface area contributed by atoms with Gasteiger partial charge in [0.1, 0.15) is 23.7 Å². The SMILES string of the molecule is COC(=O)N[C@H](C(=O)N1CC2(CC2)C[C@H]1c1ncc(-c2ccc3cc(-c4ccc(-c5cnc([C@H](CC(C)C)N(C(=O)[C@@H](NC(=O)OC)C(C)C)C(C)C)[nH]5)cc4)ccc3c2)[nH]1)C(C)C. The summed E-state index contributed by atoms with van der Waals surface area (Å²) in [5, 5.41) is 7.70. The molecule has 2 aliphatic rings. The fourth-order valence-electron chi connectivity index (χ4n) is 9.12. The van der Waals surface area contributed by atoms with E-state index in [2.05, 4.69) is 95.1 Å². The van der Waals surface area contributed by atoms with Crippen LogP contribution in [-0.4, -0.2) is 92.6 Å². The zero-order valence-corrected chi connectivity index (χ0v) is 38.8. The summed E-state index contributed by atoms with van der Waals surface area (Å²) in [6, 6.07) is 19.1. The molecule has 14 nitrogen and oxygen atoms in total. The van der Waals surface area contributed by atoms with Crippen molar-refractivity contribution in [1.29, 1.82) is 0 Å². The summed E-state index contributed by atoms with van der Waals surface area (Å²) in [6.07, 6.45) is 6.11. The predicted molar refractivity (Wildman–Crippen MR) is 248 cm³/mol. The number of hydrogen-bond acceptors (Lipinski definition) is 8. The molecule has 2 fully saturated rings. The van der Waals surface area contributed by atoms with E-state index in [0.29, 0.717) is 18.8 Å². The Morgan fingerprint density at radius 2 is 1.28 bits per heavy atom. The summed E-state index contributed by atoms with van der Waals surface area (Å²) < 4.78 is 9.67. The van der Waals surface area contributed by atoms with Crippen LogP contribution < -0.4 is 10.6 Å². The van der Waals surface area contributed by atoms with Crippen molar-refractivity contribution in [3.05, 3.63) is 84.7 Å². The van der Waals surface area contributed by atoms with Gasteiger partial charge in [0, 0.05) is 18.2 Å². The Kier molecular flexibility index (Phi) is 13.5. The van der Waals surface area contributed by atoms with Crippen molar-refractivity contribution < 1.29 is 28.7 Å². The maximum absolute atomic E-state index is 14.1. The van der Waals surface area contributed by atoms with Crippen molar-refractivity contribution in [1.82, 2.24) is 40.4 Å². The minimum absolute atomic E-state index is 0.109. The predicted octanol–water partition coefficient (Wildman–Crippen LogP) is 9.43. The van der Waals surface area contributed by atoms with Crippen molar-refractivity contribution in [2.24, 2.45) is 23.2 Å². The summed E-state index contributed by atoms with van der Waals surface area (Å²) in [5.74, 6) is 1.18. The molecule has 64 heavy (non-hydrogen) atoms. The molecule has 4 amide bonds. The molecule has 7 rings (SSSR count). The van der Waals surface area contributed by atoms with Crippen LogP contribution in [0.25, 0.3) is 44.4 Å². The monoisotopic (exact) mass is 872 g/mol. The van der Waals surface area contributed by atoms with E-state index in [-0.39, 0.29) is 53.1 Å². The second-order valence-electron chi connectivity index (χ2n) is 19.1. The topological polar surface area (TPSA) is 175 Å². The number of carbonyl (C=O) groups is 4. The second-order valence-corrected chi connectivity index (χ2v) is 19.1. The number of methoxy groups -OCH3 is 2. The molecule has 3 aromatic carbocycles. The number of nitrogens with zero attached hydrogens (tertiary/aromatic N) is 4. The first kappa shape index (κ1) is 45.8. The minimum Gasteiger partial charge on any atom is -0.453 e. The van der Waals surface area contributed by atoms with Crippen LogP contribution in [0, 0.1) is 23.2 Å². The first-order valence-corrected chi connectivity index (χ1v) is 22.6. The second kappa shape index (κ2) is 18.9. The van der Waals surface area contributed by atoms with Gasteiger partial charge in [0.15, 0.2) is 0 Å². The highest BCUT2D eigenvalue weighted by Gasteiger charge is 2.55. The van der Waals surface area contributed by atoms with Gasteiger partial charge in [0.2, 0.25) is 11.8 Å². The fourth-order valence-corrected chi connectivity index (χ4v) is 9.12. The van der Waals surface area contributed by atoms with E-state index in [0.717, 1.165) is 69.5 Å². The molecule has 5 aromatic rings. The molecule has 2 aromatic heterocycles. The number of H-pyrrole nitrogens is 2. The van der Waals surface area contributed by atoms with Crippen LogP contribution in [0.15, 0.2) is 73.1 Å². The number of benzene rings is 3. The van der Waals surface area contributed by atoms with Crippen molar-refractivity contribution in [2.75, 3.05) is 20.8 Å². The fraction of sp³-hybridized carbons (Fsp3) is 0.480. The number of ether oxygens (including phenoxy) is 2. The lowest BCUT2D eigenvalue weighted by Gasteiger charge is -2.38. The Morgan fingerprint density at radius 3 is 1.86 bits per heavy atom. The standard InChI is InChI=1S/C50H64N8O6/c1-28(2)21-40(58(31(7)8)47(60)43(30(5)6)56-49(62)64-10)44-51-25-38(53-44)33-13-11-32(12-14-33)34-15-16-36-23-37(18-17-35(36)22-34)39-26-52-45(54-39)41-24-50(19-20-50)27-57(41)46(59)42(29(3)4)55-48(61)63-9/h11-18,22-23,25-26,28-31,40-43H,19-21,24,27H2,1-10H3,(H,51,53)(H,52,54)(H,55,61)(H,56,62)/t40-,41-,42-,43-/m0/s1. The Bertz CT molecular complexity index is 2470. The van der Waals surface area contributed by atoms with Gasteiger partial charge in [-0.2, -0.15) is 0 Å². The summed E-state index contributed by atoms with van der Waals surface area (Å²) in [5.41, 5.74) is 5.98. The van der Waals surface area contributed by atoms with Crippen molar-refractivity contribution in [3.63, 3.8) is 0 Å². The molecule has 340 valence electrons. The molecule has 14 heteroatoms. The molecule has 1 saturated carbocycles. The number of rotatable bonds is 15. The molecule has 0 bridgehead atoms. The third-order valence-electron chi connectivity index (χ3n) is 12.9. The number of fused-ring (bicyclic) bond motifs is 1. The van der Waals surface area contributed by atoms with E-state index >= 15 is 0 Å². The van der Waals surface area contributed by atoms with Gasteiger partial charge in [-0.1, -0.05) is 90.1 Å². The maximum Gasteiger partial charge on any atom is 0.407 e. The van der Waals surface area contributed by atoms with Crippen molar-refractivity contribution in [3.8, 4) is 33.6 Å². The van der Waals surface area contributed by atoms with Gasteiger partial charge in [-0.05, 0) is 102 Å². The average Bonchev–Trinajstić information content (AvgIpc) is 3.60. The number of hydrogen-bond donors (Lipinski definition) is 4. The van der Waals surface area contributed by atoms with E-state index < -0.39 is 24.3 Å². The molecule has 1 aliphatic heterocycles. The van der Waals surface area contributed by atoms with Gasteiger partial charge < -0.3 is 39.9 Å². The number of nitrogens with one attached hydrogen (secondary N) is 4. The third-order valence-corrected chi connectivity index (χ3v) is 12.9. The number of imidazole rings is 2. The third kappa shape index (κ3) is 9.80. The summed E-state index contributed by atoms with van der Waals surface area (Å²) in [4.78, 5) is 72.9. The quantitative estimate of drug-likeness (QED) is 0.0805. The molecular formula is C50H64N8O6. The average molecular weight is 873 g/mol. The number of amides is 4. The largest absolute Gasteiger partial charge is 0.453 e. The highest BCUT2D eigenvalue weighted by atomic mass is 16.5. The number of aromatic amines is 2. The molecule has 0 radical (unpaired) electrons. The van der Waals surface area contributed by atoms with Crippen LogP contribution in [0.5, 0.6) is 0 Å². The Balaban J connectivity index is 1.07. The van der Waals surface area contributed by atoms with Crippen molar-refractivity contribution in [2.45, 2.75) is 111 Å². The highest BCUT2D eigenvalue weighted by Crippen LogP contribution is 2.58. The van der Waals surface area contributed by atoms with Gasteiger partial charge in [0.25, 0.3) is 0 Å². The first-order chi connectivity index (χ1) is 30.5. The summed E-state index contributed by atoms with van der Waals surface area (Å²) in [6.45, 7) is 16.6. The lowest BCUT2D eigenvalue weighted by atomic mass is 9.96. The van der Waals surface area contributed by atoms with Gasteiger partial charge in [-0.15, -0.1) is 0 Å². The number of aromatic nitrogens is 4. The molecule has 0 unspecified atom stereocenters. The van der Waals surface area contributed by atoms with Gasteiger partial charge in [-0.3, -0.25) is 9.59 Å². The van der Waals surface area contributed by atoms with Crippen molar-refractivity contribution >= 4 is 34.8 Å². The van der Waals surface area contributed by atoms with Gasteiger partial charge in [0.05, 0.1) is 50.1 Å². The van der Waals surface area contributed by atoms with E-state index in [4.69, 9.17) is 19.4 Å². The number of alkyl carbamates (subject to hydrolysis) is 2. The van der Waals surface area contributed by atoms with Crippen LogP contribution in [0.2, 0.25) is 0 Å². The van der Waals surface area contributed by atoms with Crippen LogP contribution in [0.1, 0.15) is 105 Å². The van der Waals surface area contributed by atoms with Gasteiger partial charge >= 0.3 is 12.2 Å². The minimum atomic E-state index is -0.750. The zero-order chi connectivity index (χ0) is 46.0. The molecule has 1 aliphatic carbocycles. The molecule has 1 saturated heterocycles. The van der Waals surface area contributed by atoms with Crippen LogP contribution in [0.3, 0.4) is 0 Å². The molecule has 4 atom stereocenters. The Morgan fingerprint density at radius 1 is 0.734 bits per heavy atom.